The molecular weight excluding hydrogens is 310 g/mol. The van der Waals surface area contributed by atoms with Crippen molar-refractivity contribution in [2.24, 2.45) is 5.92 Å². The molecule has 1 aliphatic heterocycles. The van der Waals surface area contributed by atoms with Gasteiger partial charge in [0, 0.05) is 50.8 Å². The fraction of sp³-hybridized carbons (Fsp3) is 0.350. The molecule has 3 aromatic heterocycles. The maximum Gasteiger partial charge on any atom is 0.108 e. The maximum atomic E-state index is 4.57. The van der Waals surface area contributed by atoms with E-state index in [-0.39, 0.29) is 0 Å². The molecule has 25 heavy (non-hydrogen) atoms. The first-order valence-corrected chi connectivity index (χ1v) is 8.83. The van der Waals surface area contributed by atoms with Crippen molar-refractivity contribution >= 4 is 0 Å². The van der Waals surface area contributed by atoms with E-state index < -0.39 is 0 Å². The summed E-state index contributed by atoms with van der Waals surface area (Å²) >= 11 is 0. The molecule has 0 N–H and O–H groups in total. The lowest BCUT2D eigenvalue weighted by atomic mass is 9.97. The number of rotatable bonds is 5. The Morgan fingerprint density at radius 2 is 2.00 bits per heavy atom. The third-order valence-electron chi connectivity index (χ3n) is 4.83. The number of imidazole rings is 1. The van der Waals surface area contributed by atoms with Crippen LogP contribution in [0.3, 0.4) is 0 Å². The van der Waals surface area contributed by atoms with Crippen LogP contribution < -0.4 is 0 Å². The van der Waals surface area contributed by atoms with E-state index in [0.717, 1.165) is 37.4 Å². The van der Waals surface area contributed by atoms with Crippen LogP contribution in [0.2, 0.25) is 0 Å². The Morgan fingerprint density at radius 1 is 1.08 bits per heavy atom. The van der Waals surface area contributed by atoms with Crippen molar-refractivity contribution in [1.82, 2.24) is 24.4 Å². The topological polar surface area (TPSA) is 46.8 Å². The monoisotopic (exact) mass is 333 g/mol. The summed E-state index contributed by atoms with van der Waals surface area (Å²) in [7, 11) is 2.19. The molecule has 0 saturated carbocycles. The van der Waals surface area contributed by atoms with Crippen molar-refractivity contribution in [2.45, 2.75) is 25.9 Å². The standard InChI is InChI=1S/C20H23N5/c1-24(14-16-7-10-25-11-9-22-20(25)12-16)15-17-5-6-19(23-13-17)18-4-2-3-8-21-18/h2-6,8-9,11,13,16H,7,10,12,14-15H2,1H3. The van der Waals surface area contributed by atoms with Crippen LogP contribution in [0.4, 0.5) is 0 Å². The van der Waals surface area contributed by atoms with Crippen LogP contribution >= 0.6 is 0 Å². The average Bonchev–Trinajstić information content (AvgIpc) is 3.11. The SMILES string of the molecule is CN(Cc1ccc(-c2ccccn2)nc1)CC1CCn2ccnc2C1. The van der Waals surface area contributed by atoms with Gasteiger partial charge < -0.3 is 9.47 Å². The molecule has 0 amide bonds. The van der Waals surface area contributed by atoms with Gasteiger partial charge in [-0.05, 0) is 43.1 Å². The molecule has 0 aliphatic carbocycles. The smallest absolute Gasteiger partial charge is 0.108 e. The quantitative estimate of drug-likeness (QED) is 0.720. The molecule has 0 saturated heterocycles. The van der Waals surface area contributed by atoms with Gasteiger partial charge in [-0.25, -0.2) is 4.98 Å². The number of fused-ring (bicyclic) bond motifs is 1. The van der Waals surface area contributed by atoms with Crippen molar-refractivity contribution < 1.29 is 0 Å². The molecule has 128 valence electrons. The number of hydrogen-bond donors (Lipinski definition) is 0. The minimum absolute atomic E-state index is 0.681. The summed E-state index contributed by atoms with van der Waals surface area (Å²) in [5.74, 6) is 1.91. The summed E-state index contributed by atoms with van der Waals surface area (Å²) < 4.78 is 2.27. The lowest BCUT2D eigenvalue weighted by Gasteiger charge is -2.27. The molecule has 0 spiro atoms. The minimum Gasteiger partial charge on any atom is -0.335 e. The van der Waals surface area contributed by atoms with E-state index in [1.54, 1.807) is 6.20 Å². The van der Waals surface area contributed by atoms with Crippen LogP contribution in [-0.4, -0.2) is 38.0 Å². The second kappa shape index (κ2) is 7.15. The summed E-state index contributed by atoms with van der Waals surface area (Å²) in [5, 5.41) is 0. The fourth-order valence-corrected chi connectivity index (χ4v) is 3.57. The third-order valence-corrected chi connectivity index (χ3v) is 4.83. The highest BCUT2D eigenvalue weighted by atomic mass is 15.1. The molecule has 5 heteroatoms. The zero-order valence-electron chi connectivity index (χ0n) is 14.5. The number of pyridine rings is 2. The van der Waals surface area contributed by atoms with Gasteiger partial charge in [0.05, 0.1) is 11.4 Å². The van der Waals surface area contributed by atoms with Gasteiger partial charge in [-0.1, -0.05) is 12.1 Å². The first-order valence-electron chi connectivity index (χ1n) is 8.83. The lowest BCUT2D eigenvalue weighted by Crippen LogP contribution is -2.30. The Balaban J connectivity index is 1.34. The molecular formula is C20H23N5. The van der Waals surface area contributed by atoms with E-state index in [0.29, 0.717) is 5.92 Å². The Hall–Kier alpha value is -2.53. The van der Waals surface area contributed by atoms with E-state index in [1.807, 2.05) is 30.6 Å². The van der Waals surface area contributed by atoms with Gasteiger partial charge in [0.2, 0.25) is 0 Å². The molecule has 0 radical (unpaired) electrons. The van der Waals surface area contributed by atoms with Crippen LogP contribution in [0.25, 0.3) is 11.4 Å². The van der Waals surface area contributed by atoms with E-state index >= 15 is 0 Å². The number of aromatic nitrogens is 4. The van der Waals surface area contributed by atoms with Gasteiger partial charge in [0.1, 0.15) is 5.82 Å². The highest BCUT2D eigenvalue weighted by Crippen LogP contribution is 2.20. The van der Waals surface area contributed by atoms with E-state index in [2.05, 4.69) is 49.8 Å². The summed E-state index contributed by atoms with van der Waals surface area (Å²) in [6.07, 6.45) is 10.1. The summed E-state index contributed by atoms with van der Waals surface area (Å²) in [6.45, 7) is 3.10. The Labute approximate surface area is 148 Å². The lowest BCUT2D eigenvalue weighted by molar-refractivity contribution is 0.238. The number of nitrogens with zero attached hydrogens (tertiary/aromatic N) is 5. The minimum atomic E-state index is 0.681. The van der Waals surface area contributed by atoms with Gasteiger partial charge in [-0.15, -0.1) is 0 Å². The maximum absolute atomic E-state index is 4.57. The molecule has 0 bridgehead atoms. The van der Waals surface area contributed by atoms with Gasteiger partial charge in [0.15, 0.2) is 0 Å². The number of aryl methyl sites for hydroxylation is 1. The van der Waals surface area contributed by atoms with E-state index in [1.165, 1.54) is 17.8 Å². The second-order valence-corrected chi connectivity index (χ2v) is 6.86. The van der Waals surface area contributed by atoms with Gasteiger partial charge in [-0.2, -0.15) is 0 Å². The zero-order chi connectivity index (χ0) is 17.1. The first kappa shape index (κ1) is 16.0. The summed E-state index contributed by atoms with van der Waals surface area (Å²) in [4.78, 5) is 15.8. The van der Waals surface area contributed by atoms with Gasteiger partial charge in [-0.3, -0.25) is 9.97 Å². The van der Waals surface area contributed by atoms with Gasteiger partial charge in [0.25, 0.3) is 0 Å². The van der Waals surface area contributed by atoms with Crippen LogP contribution in [0, 0.1) is 5.92 Å². The van der Waals surface area contributed by atoms with Crippen LogP contribution in [0.1, 0.15) is 17.8 Å². The molecule has 0 aromatic carbocycles. The second-order valence-electron chi connectivity index (χ2n) is 6.86. The van der Waals surface area contributed by atoms with Crippen LogP contribution in [0.15, 0.2) is 55.1 Å². The normalized spacial score (nSPS) is 16.8. The molecule has 0 fully saturated rings. The number of hydrogen-bond acceptors (Lipinski definition) is 4. The third kappa shape index (κ3) is 3.77. The van der Waals surface area contributed by atoms with Crippen molar-refractivity contribution in [3.8, 4) is 11.4 Å². The van der Waals surface area contributed by atoms with Crippen molar-refractivity contribution in [2.75, 3.05) is 13.6 Å². The van der Waals surface area contributed by atoms with Crippen molar-refractivity contribution in [1.29, 1.82) is 0 Å². The Bertz CT molecular complexity index is 810. The van der Waals surface area contributed by atoms with Crippen molar-refractivity contribution in [3.63, 3.8) is 0 Å². The highest BCUT2D eigenvalue weighted by Gasteiger charge is 2.20. The van der Waals surface area contributed by atoms with E-state index in [9.17, 15) is 0 Å². The van der Waals surface area contributed by atoms with Crippen LogP contribution in [-0.2, 0) is 19.5 Å². The van der Waals surface area contributed by atoms with Crippen LogP contribution in [0.5, 0.6) is 0 Å². The molecule has 1 aliphatic rings. The molecule has 1 unspecified atom stereocenters. The Kier molecular flexibility index (Phi) is 4.57. The predicted molar refractivity (Wildman–Crippen MR) is 97.8 cm³/mol. The Morgan fingerprint density at radius 3 is 2.80 bits per heavy atom. The summed E-state index contributed by atoms with van der Waals surface area (Å²) in [6, 6.07) is 10.1. The zero-order valence-corrected chi connectivity index (χ0v) is 14.5. The van der Waals surface area contributed by atoms with E-state index in [4.69, 9.17) is 0 Å². The van der Waals surface area contributed by atoms with Crippen molar-refractivity contribution in [3.05, 3.63) is 66.5 Å². The van der Waals surface area contributed by atoms with Gasteiger partial charge >= 0.3 is 0 Å². The molecule has 1 atom stereocenters. The molecule has 5 nitrogen and oxygen atoms in total. The first-order chi connectivity index (χ1) is 12.3. The molecule has 4 rings (SSSR count). The highest BCUT2D eigenvalue weighted by molar-refractivity contribution is 5.53. The largest absolute Gasteiger partial charge is 0.335 e. The predicted octanol–water partition coefficient (Wildman–Crippen LogP) is 3.03. The fourth-order valence-electron chi connectivity index (χ4n) is 3.57. The summed E-state index contributed by atoms with van der Waals surface area (Å²) in [5.41, 5.74) is 3.07. The molecule has 3 aromatic rings. The average molecular weight is 333 g/mol. The molecule has 4 heterocycles.